The van der Waals surface area contributed by atoms with Crippen molar-refractivity contribution in [2.24, 2.45) is 5.92 Å². The Bertz CT molecular complexity index is 947. The SMILES string of the molecule is O=C(NCC1CC12CCc1ccccc12)c1ccc2nncn2c1. The predicted molar refractivity (Wildman–Crippen MR) is 89.9 cm³/mol. The zero-order chi connectivity index (χ0) is 16.1. The van der Waals surface area contributed by atoms with Crippen LogP contribution in [-0.2, 0) is 11.8 Å². The van der Waals surface area contributed by atoms with Crippen LogP contribution in [0, 0.1) is 5.92 Å². The highest BCUT2D eigenvalue weighted by Gasteiger charge is 2.57. The number of nitrogens with one attached hydrogen (secondary N) is 1. The normalized spacial score (nSPS) is 24.2. The van der Waals surface area contributed by atoms with E-state index in [-0.39, 0.29) is 5.91 Å². The number of hydrogen-bond acceptors (Lipinski definition) is 3. The van der Waals surface area contributed by atoms with Crippen molar-refractivity contribution in [3.05, 3.63) is 65.6 Å². The molecule has 2 aliphatic carbocycles. The summed E-state index contributed by atoms with van der Waals surface area (Å²) in [5.74, 6) is 0.530. The second-order valence-corrected chi connectivity index (χ2v) is 6.94. The molecule has 2 aromatic heterocycles. The summed E-state index contributed by atoms with van der Waals surface area (Å²) in [4.78, 5) is 12.4. The molecule has 1 spiro atoms. The maximum atomic E-state index is 12.4. The standard InChI is InChI=1S/C19H18N4O/c24-18(14-5-6-17-22-21-12-23(17)11-14)20-10-15-9-19(15)8-7-13-3-1-2-4-16(13)19/h1-6,11-12,15H,7-10H2,(H,20,24). The summed E-state index contributed by atoms with van der Waals surface area (Å²) in [6.07, 6.45) is 6.97. The minimum absolute atomic E-state index is 0.0288. The van der Waals surface area contributed by atoms with Gasteiger partial charge < -0.3 is 5.32 Å². The van der Waals surface area contributed by atoms with Crippen molar-refractivity contribution in [1.29, 1.82) is 0 Å². The number of nitrogens with zero attached hydrogens (tertiary/aromatic N) is 3. The van der Waals surface area contributed by atoms with Gasteiger partial charge in [-0.05, 0) is 48.4 Å². The lowest BCUT2D eigenvalue weighted by Gasteiger charge is -2.12. The number of hydrogen-bond donors (Lipinski definition) is 1. The third-order valence-corrected chi connectivity index (χ3v) is 5.69. The fourth-order valence-electron chi connectivity index (χ4n) is 4.28. The van der Waals surface area contributed by atoms with E-state index < -0.39 is 0 Å². The lowest BCUT2D eigenvalue weighted by atomic mass is 9.95. The number of pyridine rings is 1. The summed E-state index contributed by atoms with van der Waals surface area (Å²) in [5, 5.41) is 10.9. The minimum Gasteiger partial charge on any atom is -0.352 e. The Morgan fingerprint density at radius 2 is 2.21 bits per heavy atom. The fraction of sp³-hybridized carbons (Fsp3) is 0.316. The van der Waals surface area contributed by atoms with Crippen molar-refractivity contribution in [2.45, 2.75) is 24.7 Å². The highest BCUT2D eigenvalue weighted by Crippen LogP contribution is 2.61. The Kier molecular flexibility index (Phi) is 2.80. The first-order chi connectivity index (χ1) is 11.8. The smallest absolute Gasteiger partial charge is 0.252 e. The second kappa shape index (κ2) is 4.90. The molecule has 1 aromatic carbocycles. The summed E-state index contributed by atoms with van der Waals surface area (Å²) in [7, 11) is 0. The summed E-state index contributed by atoms with van der Waals surface area (Å²) >= 11 is 0. The molecule has 1 amide bonds. The quantitative estimate of drug-likeness (QED) is 0.806. The summed E-state index contributed by atoms with van der Waals surface area (Å²) in [6, 6.07) is 12.4. The maximum Gasteiger partial charge on any atom is 0.252 e. The van der Waals surface area contributed by atoms with E-state index >= 15 is 0 Å². The van der Waals surface area contributed by atoms with E-state index in [9.17, 15) is 4.79 Å². The van der Waals surface area contributed by atoms with Gasteiger partial charge in [0.2, 0.25) is 0 Å². The fourth-order valence-corrected chi connectivity index (χ4v) is 4.28. The van der Waals surface area contributed by atoms with Gasteiger partial charge in [0.25, 0.3) is 5.91 Å². The first kappa shape index (κ1) is 13.7. The predicted octanol–water partition coefficient (Wildman–Crippen LogP) is 2.36. The van der Waals surface area contributed by atoms with Crippen molar-refractivity contribution < 1.29 is 4.79 Å². The molecule has 5 rings (SSSR count). The van der Waals surface area contributed by atoms with Crippen molar-refractivity contribution in [3.63, 3.8) is 0 Å². The van der Waals surface area contributed by atoms with Gasteiger partial charge in [0.15, 0.2) is 5.65 Å². The van der Waals surface area contributed by atoms with Gasteiger partial charge in [-0.1, -0.05) is 24.3 Å². The van der Waals surface area contributed by atoms with Gasteiger partial charge in [-0.3, -0.25) is 9.20 Å². The van der Waals surface area contributed by atoms with Gasteiger partial charge in [0.1, 0.15) is 6.33 Å². The van der Waals surface area contributed by atoms with Crippen molar-refractivity contribution >= 4 is 11.6 Å². The van der Waals surface area contributed by atoms with Crippen LogP contribution in [0.2, 0.25) is 0 Å². The van der Waals surface area contributed by atoms with Crippen molar-refractivity contribution in [1.82, 2.24) is 19.9 Å². The zero-order valence-electron chi connectivity index (χ0n) is 13.3. The average molecular weight is 318 g/mol. The Morgan fingerprint density at radius 1 is 1.29 bits per heavy atom. The Hall–Kier alpha value is -2.69. The molecule has 1 fully saturated rings. The van der Waals surface area contributed by atoms with E-state index in [1.807, 2.05) is 6.07 Å². The van der Waals surface area contributed by atoms with Crippen molar-refractivity contribution in [3.8, 4) is 0 Å². The van der Waals surface area contributed by atoms with Crippen LogP contribution in [0.4, 0.5) is 0 Å². The van der Waals surface area contributed by atoms with Crippen LogP contribution in [0.25, 0.3) is 5.65 Å². The highest BCUT2D eigenvalue weighted by molar-refractivity contribution is 5.94. The van der Waals surface area contributed by atoms with Crippen molar-refractivity contribution in [2.75, 3.05) is 6.54 Å². The molecule has 2 heterocycles. The third-order valence-electron chi connectivity index (χ3n) is 5.69. The number of carbonyl (C=O) groups excluding carboxylic acids is 1. The number of benzene rings is 1. The zero-order valence-corrected chi connectivity index (χ0v) is 13.3. The first-order valence-electron chi connectivity index (χ1n) is 8.42. The summed E-state index contributed by atoms with van der Waals surface area (Å²) in [6.45, 7) is 0.743. The molecule has 2 aliphatic rings. The summed E-state index contributed by atoms with van der Waals surface area (Å²) in [5.41, 5.74) is 4.71. The molecule has 0 saturated heterocycles. The number of aryl methyl sites for hydroxylation is 1. The second-order valence-electron chi connectivity index (χ2n) is 6.94. The number of carbonyl (C=O) groups is 1. The Balaban J connectivity index is 1.28. The molecule has 3 aromatic rings. The number of amides is 1. The average Bonchev–Trinajstić information content (AvgIpc) is 2.93. The molecular weight excluding hydrogens is 300 g/mol. The van der Waals surface area contributed by atoms with Crippen LogP contribution < -0.4 is 5.32 Å². The number of aromatic nitrogens is 3. The van der Waals surface area contributed by atoms with Gasteiger partial charge in [-0.2, -0.15) is 0 Å². The lowest BCUT2D eigenvalue weighted by molar-refractivity contribution is 0.0950. The molecule has 0 radical (unpaired) electrons. The molecule has 0 aliphatic heterocycles. The Labute approximate surface area is 139 Å². The molecule has 1 N–H and O–H groups in total. The maximum absolute atomic E-state index is 12.4. The van der Waals surface area contributed by atoms with Gasteiger partial charge in [0, 0.05) is 18.2 Å². The molecule has 5 heteroatoms. The van der Waals surface area contributed by atoms with Crippen LogP contribution in [-0.4, -0.2) is 27.0 Å². The van der Waals surface area contributed by atoms with Crippen LogP contribution in [0.1, 0.15) is 34.3 Å². The van der Waals surface area contributed by atoms with Crippen LogP contribution >= 0.6 is 0 Å². The molecule has 0 bridgehead atoms. The van der Waals surface area contributed by atoms with E-state index in [1.54, 1.807) is 23.0 Å². The number of fused-ring (bicyclic) bond motifs is 3. The highest BCUT2D eigenvalue weighted by atomic mass is 16.1. The molecule has 120 valence electrons. The molecular formula is C19H18N4O. The monoisotopic (exact) mass is 318 g/mol. The van der Waals surface area contributed by atoms with E-state index in [0.717, 1.165) is 12.2 Å². The van der Waals surface area contributed by atoms with E-state index in [0.29, 0.717) is 16.9 Å². The Morgan fingerprint density at radius 3 is 3.17 bits per heavy atom. The van der Waals surface area contributed by atoms with Crippen LogP contribution in [0.15, 0.2) is 48.9 Å². The van der Waals surface area contributed by atoms with Gasteiger partial charge in [0.05, 0.1) is 5.56 Å². The van der Waals surface area contributed by atoms with E-state index in [1.165, 1.54) is 30.4 Å². The topological polar surface area (TPSA) is 59.3 Å². The van der Waals surface area contributed by atoms with Crippen LogP contribution in [0.5, 0.6) is 0 Å². The summed E-state index contributed by atoms with van der Waals surface area (Å²) < 4.78 is 1.76. The van der Waals surface area contributed by atoms with Gasteiger partial charge in [-0.25, -0.2) is 0 Å². The molecule has 2 atom stereocenters. The third kappa shape index (κ3) is 1.97. The molecule has 24 heavy (non-hydrogen) atoms. The molecule has 2 unspecified atom stereocenters. The van der Waals surface area contributed by atoms with E-state index in [2.05, 4.69) is 39.8 Å². The van der Waals surface area contributed by atoms with Crippen LogP contribution in [0.3, 0.4) is 0 Å². The largest absolute Gasteiger partial charge is 0.352 e. The van der Waals surface area contributed by atoms with Gasteiger partial charge >= 0.3 is 0 Å². The van der Waals surface area contributed by atoms with E-state index in [4.69, 9.17) is 0 Å². The molecule has 1 saturated carbocycles. The first-order valence-corrected chi connectivity index (χ1v) is 8.42. The molecule has 5 nitrogen and oxygen atoms in total. The minimum atomic E-state index is -0.0288. The number of rotatable bonds is 3. The lowest BCUT2D eigenvalue weighted by Crippen LogP contribution is -2.27. The van der Waals surface area contributed by atoms with Gasteiger partial charge in [-0.15, -0.1) is 10.2 Å².